The Morgan fingerprint density at radius 1 is 1.18 bits per heavy atom. The molecule has 2 aromatic rings. The van der Waals surface area contributed by atoms with Gasteiger partial charge in [0, 0.05) is 6.20 Å². The van der Waals surface area contributed by atoms with Crippen LogP contribution in [0, 0.1) is 0 Å². The first-order valence-corrected chi connectivity index (χ1v) is 5.59. The summed E-state index contributed by atoms with van der Waals surface area (Å²) >= 11 is 5.77. The quantitative estimate of drug-likeness (QED) is 0.848. The van der Waals surface area contributed by atoms with Gasteiger partial charge in [0.25, 0.3) is 0 Å². The molecule has 1 aromatic heterocycles. The predicted octanol–water partition coefficient (Wildman–Crippen LogP) is 2.81. The topological polar surface area (TPSA) is 42.4 Å². The zero-order chi connectivity index (χ0) is 12.1. The minimum atomic E-state index is 0.0122. The summed E-state index contributed by atoms with van der Waals surface area (Å²) in [4.78, 5) is 3.90. The third kappa shape index (κ3) is 3.44. The fourth-order valence-corrected chi connectivity index (χ4v) is 1.63. The molecule has 88 valence electrons. The Morgan fingerprint density at radius 2 is 2.06 bits per heavy atom. The molecule has 4 heteroatoms. The number of aliphatic hydroxyl groups excluding tert-OH is 1. The van der Waals surface area contributed by atoms with Crippen molar-refractivity contribution in [2.45, 2.75) is 13.2 Å². The third-order valence-electron chi connectivity index (χ3n) is 2.28. The van der Waals surface area contributed by atoms with Crippen LogP contribution in [0.15, 0.2) is 42.6 Å². The van der Waals surface area contributed by atoms with Crippen molar-refractivity contribution in [3.05, 3.63) is 58.9 Å². The molecule has 0 saturated heterocycles. The van der Waals surface area contributed by atoms with Crippen LogP contribution in [0.1, 0.15) is 11.1 Å². The molecule has 0 aliphatic heterocycles. The molecule has 17 heavy (non-hydrogen) atoms. The second-order valence-electron chi connectivity index (χ2n) is 3.58. The minimum absolute atomic E-state index is 0.0122. The van der Waals surface area contributed by atoms with Gasteiger partial charge >= 0.3 is 0 Å². The Labute approximate surface area is 105 Å². The van der Waals surface area contributed by atoms with Crippen molar-refractivity contribution in [1.29, 1.82) is 0 Å². The average Bonchev–Trinajstić information content (AvgIpc) is 2.37. The molecule has 0 saturated carbocycles. The fourth-order valence-electron chi connectivity index (χ4n) is 1.43. The van der Waals surface area contributed by atoms with Crippen LogP contribution in [-0.4, -0.2) is 10.1 Å². The molecule has 0 aliphatic carbocycles. The standard InChI is InChI=1S/C13H12ClNO2/c14-13-7-11(4-5-15-13)9-17-12-3-1-2-10(6-12)8-16/h1-7,16H,8-9H2. The van der Waals surface area contributed by atoms with Gasteiger partial charge in [-0.1, -0.05) is 23.7 Å². The van der Waals surface area contributed by atoms with E-state index in [9.17, 15) is 0 Å². The van der Waals surface area contributed by atoms with Crippen molar-refractivity contribution < 1.29 is 9.84 Å². The number of aromatic nitrogens is 1. The Balaban J connectivity index is 2.02. The molecule has 0 radical (unpaired) electrons. The molecular formula is C13H12ClNO2. The predicted molar refractivity (Wildman–Crippen MR) is 65.9 cm³/mol. The number of rotatable bonds is 4. The van der Waals surface area contributed by atoms with Gasteiger partial charge in [-0.15, -0.1) is 0 Å². The highest BCUT2D eigenvalue weighted by Gasteiger charge is 1.98. The van der Waals surface area contributed by atoms with E-state index in [2.05, 4.69) is 4.98 Å². The maximum atomic E-state index is 9.00. The van der Waals surface area contributed by atoms with Crippen LogP contribution in [0.2, 0.25) is 5.15 Å². The van der Waals surface area contributed by atoms with Crippen LogP contribution < -0.4 is 4.74 Å². The smallest absolute Gasteiger partial charge is 0.129 e. The molecule has 0 bridgehead atoms. The summed E-state index contributed by atoms with van der Waals surface area (Å²) in [6.07, 6.45) is 1.64. The van der Waals surface area contributed by atoms with Gasteiger partial charge in [-0.2, -0.15) is 0 Å². The molecule has 1 heterocycles. The Hall–Kier alpha value is -1.58. The fraction of sp³-hybridized carbons (Fsp3) is 0.154. The zero-order valence-corrected chi connectivity index (χ0v) is 9.89. The summed E-state index contributed by atoms with van der Waals surface area (Å²) in [5.41, 5.74) is 1.79. The van der Waals surface area contributed by atoms with Crippen LogP contribution in [0.5, 0.6) is 5.75 Å². The second kappa shape index (κ2) is 5.66. The normalized spacial score (nSPS) is 10.2. The van der Waals surface area contributed by atoms with Crippen LogP contribution in [0.4, 0.5) is 0 Å². The van der Waals surface area contributed by atoms with Gasteiger partial charge in [0.1, 0.15) is 17.5 Å². The van der Waals surface area contributed by atoms with Crippen molar-refractivity contribution in [3.8, 4) is 5.75 Å². The van der Waals surface area contributed by atoms with Gasteiger partial charge in [-0.3, -0.25) is 0 Å². The molecule has 0 fully saturated rings. The van der Waals surface area contributed by atoms with E-state index in [0.717, 1.165) is 16.9 Å². The molecule has 0 amide bonds. The van der Waals surface area contributed by atoms with E-state index in [1.165, 1.54) is 0 Å². The van der Waals surface area contributed by atoms with E-state index in [1.54, 1.807) is 12.3 Å². The molecular weight excluding hydrogens is 238 g/mol. The first-order chi connectivity index (χ1) is 8.28. The summed E-state index contributed by atoms with van der Waals surface area (Å²) in [6, 6.07) is 11.0. The number of nitrogens with zero attached hydrogens (tertiary/aromatic N) is 1. The van der Waals surface area contributed by atoms with Crippen molar-refractivity contribution in [2.75, 3.05) is 0 Å². The molecule has 3 nitrogen and oxygen atoms in total. The summed E-state index contributed by atoms with van der Waals surface area (Å²) in [6.45, 7) is 0.440. The first-order valence-electron chi connectivity index (χ1n) is 5.21. The highest BCUT2D eigenvalue weighted by atomic mass is 35.5. The van der Waals surface area contributed by atoms with Gasteiger partial charge in [-0.25, -0.2) is 4.98 Å². The molecule has 1 aromatic carbocycles. The number of hydrogen-bond acceptors (Lipinski definition) is 3. The molecule has 0 aliphatic rings. The minimum Gasteiger partial charge on any atom is -0.489 e. The van der Waals surface area contributed by atoms with Gasteiger partial charge < -0.3 is 9.84 Å². The highest BCUT2D eigenvalue weighted by molar-refractivity contribution is 6.29. The molecule has 1 N–H and O–H groups in total. The van der Waals surface area contributed by atoms with E-state index in [0.29, 0.717) is 11.8 Å². The highest BCUT2D eigenvalue weighted by Crippen LogP contribution is 2.16. The summed E-state index contributed by atoms with van der Waals surface area (Å²) in [5, 5.41) is 9.46. The lowest BCUT2D eigenvalue weighted by Crippen LogP contribution is -1.96. The van der Waals surface area contributed by atoms with E-state index in [-0.39, 0.29) is 6.61 Å². The van der Waals surface area contributed by atoms with Gasteiger partial charge in [0.2, 0.25) is 0 Å². The number of aliphatic hydroxyl groups is 1. The number of pyridine rings is 1. The number of halogens is 1. The van der Waals surface area contributed by atoms with Crippen LogP contribution >= 0.6 is 11.6 Å². The van der Waals surface area contributed by atoms with E-state index < -0.39 is 0 Å². The second-order valence-corrected chi connectivity index (χ2v) is 3.97. The lowest BCUT2D eigenvalue weighted by molar-refractivity contribution is 0.278. The van der Waals surface area contributed by atoms with Crippen molar-refractivity contribution in [1.82, 2.24) is 4.98 Å². The summed E-state index contributed by atoms with van der Waals surface area (Å²) < 4.78 is 5.59. The van der Waals surface area contributed by atoms with Crippen LogP contribution in [0.25, 0.3) is 0 Å². The largest absolute Gasteiger partial charge is 0.489 e. The third-order valence-corrected chi connectivity index (χ3v) is 2.48. The van der Waals surface area contributed by atoms with Crippen LogP contribution in [0.3, 0.4) is 0 Å². The molecule has 0 unspecified atom stereocenters. The average molecular weight is 250 g/mol. The van der Waals surface area contributed by atoms with Crippen LogP contribution in [-0.2, 0) is 13.2 Å². The van der Waals surface area contributed by atoms with Gasteiger partial charge in [0.15, 0.2) is 0 Å². The Morgan fingerprint density at radius 3 is 2.82 bits per heavy atom. The van der Waals surface area contributed by atoms with E-state index in [4.69, 9.17) is 21.4 Å². The SMILES string of the molecule is OCc1cccc(OCc2ccnc(Cl)c2)c1. The lowest BCUT2D eigenvalue weighted by atomic mass is 10.2. The van der Waals surface area contributed by atoms with Crippen molar-refractivity contribution in [3.63, 3.8) is 0 Å². The van der Waals surface area contributed by atoms with Gasteiger partial charge in [-0.05, 0) is 35.4 Å². The van der Waals surface area contributed by atoms with E-state index in [1.807, 2.05) is 30.3 Å². The Kier molecular flexibility index (Phi) is 3.96. The van der Waals surface area contributed by atoms with Gasteiger partial charge in [0.05, 0.1) is 6.61 Å². The maximum absolute atomic E-state index is 9.00. The van der Waals surface area contributed by atoms with E-state index >= 15 is 0 Å². The summed E-state index contributed by atoms with van der Waals surface area (Å²) in [5.74, 6) is 0.726. The van der Waals surface area contributed by atoms with Crippen molar-refractivity contribution in [2.24, 2.45) is 0 Å². The number of ether oxygens (including phenoxy) is 1. The van der Waals surface area contributed by atoms with Crippen molar-refractivity contribution >= 4 is 11.6 Å². The molecule has 0 spiro atoms. The molecule has 2 rings (SSSR count). The molecule has 0 atom stereocenters. The zero-order valence-electron chi connectivity index (χ0n) is 9.14. The number of benzene rings is 1. The Bertz CT molecular complexity index is 502. The maximum Gasteiger partial charge on any atom is 0.129 e. The lowest BCUT2D eigenvalue weighted by Gasteiger charge is -2.07. The first kappa shape index (κ1) is 11.9. The number of hydrogen-bond donors (Lipinski definition) is 1. The monoisotopic (exact) mass is 249 g/mol. The summed E-state index contributed by atoms with van der Waals surface area (Å²) in [7, 11) is 0.